The van der Waals surface area contributed by atoms with E-state index in [9.17, 15) is 14.6 Å². The van der Waals surface area contributed by atoms with Gasteiger partial charge in [-0.2, -0.15) is 0 Å². The maximum absolute atomic E-state index is 12.6. The first kappa shape index (κ1) is 26.2. The summed E-state index contributed by atoms with van der Waals surface area (Å²) in [7, 11) is 0. The molecular formula is C24H28Cl2FN3O4. The van der Waals surface area contributed by atoms with Crippen molar-refractivity contribution in [2.75, 3.05) is 19.1 Å². The second kappa shape index (κ2) is 11.8. The Bertz CT molecular complexity index is 1060. The summed E-state index contributed by atoms with van der Waals surface area (Å²) >= 11 is 12.0. The quantitative estimate of drug-likeness (QED) is 0.355. The summed E-state index contributed by atoms with van der Waals surface area (Å²) in [6.07, 6.45) is -0.125. The van der Waals surface area contributed by atoms with Crippen LogP contribution in [0, 0.1) is 0 Å². The molecule has 1 aromatic heterocycles. The van der Waals surface area contributed by atoms with E-state index in [1.165, 1.54) is 10.9 Å². The highest BCUT2D eigenvalue weighted by Crippen LogP contribution is 2.36. The number of hydrogen-bond donors (Lipinski definition) is 2. The van der Waals surface area contributed by atoms with Crippen molar-refractivity contribution in [3.8, 4) is 11.5 Å². The number of rotatable bonds is 12. The standard InChI is InChI=1S/C24H28Cl2FN3O4/c1-24(2,17-5-8-23(22(26)9-17)34-14-19(31)10-25)16-3-6-21(7-4-16)33-15-20(32)13-30-12-18(11-27)28-29-30/h3-9,12,19-20,31-32H,10-11,13-15H2,1-2H3/t19-,20+/m1/s1. The predicted octanol–water partition coefficient (Wildman–Crippen LogP) is 4.15. The van der Waals surface area contributed by atoms with Gasteiger partial charge < -0.3 is 19.7 Å². The molecule has 0 aliphatic carbocycles. The van der Waals surface area contributed by atoms with Gasteiger partial charge in [0.2, 0.25) is 0 Å². The highest BCUT2D eigenvalue weighted by atomic mass is 35.5. The number of benzene rings is 2. The van der Waals surface area contributed by atoms with Crippen LogP contribution in [0.1, 0.15) is 30.7 Å². The lowest BCUT2D eigenvalue weighted by Crippen LogP contribution is -2.24. The highest BCUT2D eigenvalue weighted by Gasteiger charge is 2.24. The average Bonchev–Trinajstić information content (AvgIpc) is 3.29. The van der Waals surface area contributed by atoms with Crippen molar-refractivity contribution in [3.05, 3.63) is 70.5 Å². The van der Waals surface area contributed by atoms with Crippen LogP contribution in [0.5, 0.6) is 11.5 Å². The molecule has 184 valence electrons. The second-order valence-electron chi connectivity index (χ2n) is 8.44. The van der Waals surface area contributed by atoms with Crippen molar-refractivity contribution in [1.82, 2.24) is 15.0 Å². The lowest BCUT2D eigenvalue weighted by molar-refractivity contribution is 0.0888. The van der Waals surface area contributed by atoms with Crippen LogP contribution >= 0.6 is 23.2 Å². The van der Waals surface area contributed by atoms with E-state index in [1.54, 1.807) is 6.07 Å². The van der Waals surface area contributed by atoms with Gasteiger partial charge in [-0.25, -0.2) is 9.07 Å². The topological polar surface area (TPSA) is 89.6 Å². The summed E-state index contributed by atoms with van der Waals surface area (Å²) < 4.78 is 25.2. The molecule has 0 aliphatic rings. The lowest BCUT2D eigenvalue weighted by Gasteiger charge is -2.27. The van der Waals surface area contributed by atoms with E-state index >= 15 is 0 Å². The monoisotopic (exact) mass is 511 g/mol. The van der Waals surface area contributed by atoms with Crippen LogP contribution in [0.2, 0.25) is 5.02 Å². The number of halogens is 3. The average molecular weight is 512 g/mol. The first-order valence-corrected chi connectivity index (χ1v) is 11.7. The normalized spacial score (nSPS) is 13.5. The van der Waals surface area contributed by atoms with E-state index in [-0.39, 0.29) is 36.7 Å². The molecule has 3 rings (SSSR count). The first-order chi connectivity index (χ1) is 16.2. The van der Waals surface area contributed by atoms with Gasteiger partial charge >= 0.3 is 0 Å². The molecule has 1 heterocycles. The Morgan fingerprint density at radius 2 is 1.71 bits per heavy atom. The van der Waals surface area contributed by atoms with Gasteiger partial charge in [0.15, 0.2) is 0 Å². The summed E-state index contributed by atoms with van der Waals surface area (Å²) in [5, 5.41) is 27.6. The molecule has 2 aromatic carbocycles. The number of aromatic nitrogens is 3. The Kier molecular flexibility index (Phi) is 9.13. The zero-order valence-corrected chi connectivity index (χ0v) is 20.5. The first-order valence-electron chi connectivity index (χ1n) is 10.8. The minimum atomic E-state index is -0.821. The van der Waals surface area contributed by atoms with Crippen LogP contribution in [-0.4, -0.2) is 56.5 Å². The SMILES string of the molecule is CC(C)(c1ccc(OC[C@@H](O)Cn2cc(CF)nn2)cc1)c1ccc(OC[C@H](O)CCl)c(Cl)c1. The lowest BCUT2D eigenvalue weighted by atomic mass is 9.78. The van der Waals surface area contributed by atoms with Crippen LogP contribution in [0.25, 0.3) is 0 Å². The van der Waals surface area contributed by atoms with Crippen LogP contribution in [0.15, 0.2) is 48.7 Å². The number of hydrogen-bond acceptors (Lipinski definition) is 6. The Balaban J connectivity index is 1.59. The minimum absolute atomic E-state index is 0.0586. The minimum Gasteiger partial charge on any atom is -0.491 e. The van der Waals surface area contributed by atoms with Gasteiger partial charge in [-0.15, -0.1) is 16.7 Å². The van der Waals surface area contributed by atoms with Crippen molar-refractivity contribution in [3.63, 3.8) is 0 Å². The Morgan fingerprint density at radius 3 is 2.32 bits per heavy atom. The second-order valence-corrected chi connectivity index (χ2v) is 9.16. The van der Waals surface area contributed by atoms with Crippen molar-refractivity contribution in [1.29, 1.82) is 0 Å². The zero-order valence-electron chi connectivity index (χ0n) is 19.0. The maximum Gasteiger partial charge on any atom is 0.138 e. The van der Waals surface area contributed by atoms with Crippen LogP contribution < -0.4 is 9.47 Å². The number of aliphatic hydroxyl groups is 2. The number of alkyl halides is 2. The third-order valence-electron chi connectivity index (χ3n) is 5.40. The van der Waals surface area contributed by atoms with Crippen molar-refractivity contribution in [2.24, 2.45) is 0 Å². The van der Waals surface area contributed by atoms with E-state index in [4.69, 9.17) is 32.7 Å². The number of aliphatic hydroxyl groups excluding tert-OH is 2. The van der Waals surface area contributed by atoms with Gasteiger partial charge in [0, 0.05) is 5.41 Å². The maximum atomic E-state index is 12.6. The molecule has 34 heavy (non-hydrogen) atoms. The van der Waals surface area contributed by atoms with E-state index in [0.29, 0.717) is 16.5 Å². The molecule has 0 spiro atoms. The van der Waals surface area contributed by atoms with E-state index in [0.717, 1.165) is 11.1 Å². The van der Waals surface area contributed by atoms with Gasteiger partial charge in [-0.05, 0) is 35.4 Å². The van der Waals surface area contributed by atoms with Gasteiger partial charge in [0.25, 0.3) is 0 Å². The van der Waals surface area contributed by atoms with Crippen molar-refractivity contribution < 1.29 is 24.1 Å². The molecule has 0 fully saturated rings. The third kappa shape index (κ3) is 6.82. The van der Waals surface area contributed by atoms with Crippen LogP contribution in [-0.2, 0) is 18.6 Å². The van der Waals surface area contributed by atoms with Crippen molar-refractivity contribution in [2.45, 2.75) is 44.7 Å². The molecule has 2 atom stereocenters. The third-order valence-corrected chi connectivity index (χ3v) is 6.05. The smallest absolute Gasteiger partial charge is 0.138 e. The summed E-state index contributed by atoms with van der Waals surface area (Å²) in [6.45, 7) is 3.75. The highest BCUT2D eigenvalue weighted by molar-refractivity contribution is 6.32. The number of nitrogens with zero attached hydrogens (tertiary/aromatic N) is 3. The fourth-order valence-electron chi connectivity index (χ4n) is 3.32. The number of ether oxygens (including phenoxy) is 2. The predicted molar refractivity (Wildman–Crippen MR) is 129 cm³/mol. The van der Waals surface area contributed by atoms with E-state index < -0.39 is 18.9 Å². The van der Waals surface area contributed by atoms with E-state index in [1.807, 2.05) is 36.4 Å². The van der Waals surface area contributed by atoms with Crippen LogP contribution in [0.3, 0.4) is 0 Å². The fourth-order valence-corrected chi connectivity index (χ4v) is 3.65. The van der Waals surface area contributed by atoms with E-state index in [2.05, 4.69) is 24.2 Å². The Morgan fingerprint density at radius 1 is 1.03 bits per heavy atom. The summed E-state index contributed by atoms with van der Waals surface area (Å²) in [4.78, 5) is 0. The summed E-state index contributed by atoms with van der Waals surface area (Å²) in [6, 6.07) is 13.2. The Labute approximate surface area is 208 Å². The van der Waals surface area contributed by atoms with Crippen LogP contribution in [0.4, 0.5) is 4.39 Å². The van der Waals surface area contributed by atoms with Crippen molar-refractivity contribution >= 4 is 23.2 Å². The van der Waals surface area contributed by atoms with Gasteiger partial charge in [-0.1, -0.05) is 48.9 Å². The molecule has 2 N–H and O–H groups in total. The molecule has 7 nitrogen and oxygen atoms in total. The molecule has 0 saturated carbocycles. The molecule has 0 unspecified atom stereocenters. The summed E-state index contributed by atoms with van der Waals surface area (Å²) in [5.41, 5.74) is 1.91. The molecule has 0 bridgehead atoms. The fraction of sp³-hybridized carbons (Fsp3) is 0.417. The largest absolute Gasteiger partial charge is 0.491 e. The molecule has 0 radical (unpaired) electrons. The molecular weight excluding hydrogens is 484 g/mol. The molecule has 10 heteroatoms. The van der Waals surface area contributed by atoms with Gasteiger partial charge in [0.1, 0.15) is 49.3 Å². The summed E-state index contributed by atoms with van der Waals surface area (Å²) in [5.74, 6) is 1.19. The zero-order chi connectivity index (χ0) is 24.7. The van der Waals surface area contributed by atoms with Gasteiger partial charge in [-0.3, -0.25) is 0 Å². The Hall–Kier alpha value is -2.39. The molecule has 3 aromatic rings. The molecule has 0 saturated heterocycles. The molecule has 0 amide bonds. The molecule has 0 aliphatic heterocycles. The van der Waals surface area contributed by atoms with Gasteiger partial charge in [0.05, 0.1) is 23.6 Å².